The number of ether oxygens (including phenoxy) is 3. The summed E-state index contributed by atoms with van der Waals surface area (Å²) in [5.74, 6) is 0.169. The van der Waals surface area contributed by atoms with Crippen molar-refractivity contribution in [3.8, 4) is 11.5 Å². The minimum Gasteiger partial charge on any atom is -0.496 e. The second kappa shape index (κ2) is 9.08. The van der Waals surface area contributed by atoms with Gasteiger partial charge in [-0.3, -0.25) is 4.79 Å². The molecule has 25 heavy (non-hydrogen) atoms. The molecule has 0 unspecified atom stereocenters. The predicted molar refractivity (Wildman–Crippen MR) is 96.3 cm³/mol. The number of benzene rings is 2. The lowest BCUT2D eigenvalue weighted by Crippen LogP contribution is -2.28. The number of rotatable bonds is 7. The van der Waals surface area contributed by atoms with Gasteiger partial charge in [0.25, 0.3) is 5.91 Å². The van der Waals surface area contributed by atoms with Crippen LogP contribution in [0, 0.1) is 0 Å². The first-order valence-electron chi connectivity index (χ1n) is 7.48. The number of amides is 1. The normalized spacial score (nSPS) is 10.0. The van der Waals surface area contributed by atoms with Crippen LogP contribution in [0.5, 0.6) is 11.5 Å². The molecule has 2 aromatic rings. The van der Waals surface area contributed by atoms with Crippen LogP contribution in [-0.4, -0.2) is 39.2 Å². The summed E-state index contributed by atoms with van der Waals surface area (Å²) in [6.07, 6.45) is 0. The molecule has 132 valence electrons. The molecule has 6 nitrogen and oxygen atoms in total. The fourth-order valence-electron chi connectivity index (χ4n) is 2.11. The molecule has 2 aromatic carbocycles. The Morgan fingerprint density at radius 3 is 2.52 bits per heavy atom. The fourth-order valence-corrected chi connectivity index (χ4v) is 2.51. The van der Waals surface area contributed by atoms with Crippen LogP contribution in [0.3, 0.4) is 0 Å². The highest BCUT2D eigenvalue weighted by atomic mass is 79.9. The van der Waals surface area contributed by atoms with Gasteiger partial charge in [0.2, 0.25) is 0 Å². The monoisotopic (exact) mass is 407 g/mol. The maximum atomic E-state index is 12.2. The van der Waals surface area contributed by atoms with Gasteiger partial charge in [0, 0.05) is 5.56 Å². The van der Waals surface area contributed by atoms with Gasteiger partial charge in [-0.1, -0.05) is 12.1 Å². The summed E-state index contributed by atoms with van der Waals surface area (Å²) in [7, 11) is 2.72. The number of halogens is 1. The summed E-state index contributed by atoms with van der Waals surface area (Å²) in [5, 5.41) is 2.74. The van der Waals surface area contributed by atoms with E-state index in [1.165, 1.54) is 20.3 Å². The van der Waals surface area contributed by atoms with Gasteiger partial charge < -0.3 is 19.5 Å². The van der Waals surface area contributed by atoms with Gasteiger partial charge in [0.1, 0.15) is 23.7 Å². The lowest BCUT2D eigenvalue weighted by atomic mass is 10.1. The Bertz CT molecular complexity index is 763. The second-order valence-corrected chi connectivity index (χ2v) is 5.80. The van der Waals surface area contributed by atoms with Crippen LogP contribution in [0.15, 0.2) is 46.9 Å². The van der Waals surface area contributed by atoms with E-state index in [4.69, 9.17) is 14.2 Å². The van der Waals surface area contributed by atoms with E-state index in [2.05, 4.69) is 21.2 Å². The topological polar surface area (TPSA) is 73.9 Å². The van der Waals surface area contributed by atoms with Crippen LogP contribution in [0.4, 0.5) is 0 Å². The Balaban J connectivity index is 1.94. The molecule has 0 aliphatic rings. The zero-order valence-electron chi connectivity index (χ0n) is 13.9. The van der Waals surface area contributed by atoms with Gasteiger partial charge in [-0.15, -0.1) is 0 Å². The largest absolute Gasteiger partial charge is 0.496 e. The van der Waals surface area contributed by atoms with Gasteiger partial charge in [-0.25, -0.2) is 4.79 Å². The predicted octanol–water partition coefficient (Wildman–Crippen LogP) is 3.05. The van der Waals surface area contributed by atoms with Gasteiger partial charge in [0.15, 0.2) is 0 Å². The third-order valence-corrected chi connectivity index (χ3v) is 4.00. The van der Waals surface area contributed by atoms with Crippen LogP contribution in [0.25, 0.3) is 0 Å². The standard InChI is InChI=1S/C18H18BrNO5/c1-23-15-8-7-12(11-13(15)18(22)24-2)17(21)20-9-10-25-16-6-4-3-5-14(16)19/h3-8,11H,9-10H2,1-2H3,(H,20,21). The van der Waals surface area contributed by atoms with Crippen LogP contribution in [-0.2, 0) is 4.74 Å². The molecule has 0 aliphatic heterocycles. The average molecular weight is 408 g/mol. The Hall–Kier alpha value is -2.54. The number of carbonyl (C=O) groups excluding carboxylic acids is 2. The molecule has 2 rings (SSSR count). The minimum absolute atomic E-state index is 0.196. The Labute approximate surface area is 154 Å². The minimum atomic E-state index is -0.566. The number of para-hydroxylation sites is 1. The molecule has 0 fully saturated rings. The molecule has 7 heteroatoms. The van der Waals surface area contributed by atoms with Crippen molar-refractivity contribution in [2.24, 2.45) is 0 Å². The Morgan fingerprint density at radius 1 is 1.08 bits per heavy atom. The molecule has 0 bridgehead atoms. The molecule has 1 amide bonds. The number of esters is 1. The van der Waals surface area contributed by atoms with E-state index in [1.807, 2.05) is 24.3 Å². The maximum Gasteiger partial charge on any atom is 0.341 e. The van der Waals surface area contributed by atoms with Crippen molar-refractivity contribution in [1.29, 1.82) is 0 Å². The van der Waals surface area contributed by atoms with E-state index in [0.717, 1.165) is 4.47 Å². The summed E-state index contributed by atoms with van der Waals surface area (Å²) < 4.78 is 16.2. The van der Waals surface area contributed by atoms with Crippen LogP contribution in [0.1, 0.15) is 20.7 Å². The summed E-state index contributed by atoms with van der Waals surface area (Å²) in [4.78, 5) is 24.0. The van der Waals surface area contributed by atoms with Crippen LogP contribution in [0.2, 0.25) is 0 Å². The van der Waals surface area contributed by atoms with E-state index < -0.39 is 5.97 Å². The van der Waals surface area contributed by atoms with Gasteiger partial charge in [-0.05, 0) is 46.3 Å². The highest BCUT2D eigenvalue weighted by Crippen LogP contribution is 2.23. The smallest absolute Gasteiger partial charge is 0.341 e. The third-order valence-electron chi connectivity index (χ3n) is 3.35. The Morgan fingerprint density at radius 2 is 1.84 bits per heavy atom. The number of methoxy groups -OCH3 is 2. The molecule has 0 saturated carbocycles. The molecule has 0 heterocycles. The zero-order chi connectivity index (χ0) is 18.2. The van der Waals surface area contributed by atoms with E-state index in [0.29, 0.717) is 30.2 Å². The van der Waals surface area contributed by atoms with E-state index in [9.17, 15) is 9.59 Å². The molecule has 1 N–H and O–H groups in total. The highest BCUT2D eigenvalue weighted by molar-refractivity contribution is 9.10. The lowest BCUT2D eigenvalue weighted by molar-refractivity contribution is 0.0597. The maximum absolute atomic E-state index is 12.2. The van der Waals surface area contributed by atoms with Gasteiger partial charge in [0.05, 0.1) is 25.2 Å². The number of hydrogen-bond acceptors (Lipinski definition) is 5. The third kappa shape index (κ3) is 4.96. The molecule has 0 radical (unpaired) electrons. The fraction of sp³-hybridized carbons (Fsp3) is 0.222. The average Bonchev–Trinajstić information content (AvgIpc) is 2.65. The molecular formula is C18H18BrNO5. The van der Waals surface area contributed by atoms with Crippen molar-refractivity contribution in [2.75, 3.05) is 27.4 Å². The summed E-state index contributed by atoms with van der Waals surface area (Å²) in [6, 6.07) is 12.0. The van der Waals surface area contributed by atoms with E-state index in [-0.39, 0.29) is 11.5 Å². The molecule has 0 saturated heterocycles. The first-order chi connectivity index (χ1) is 12.1. The van der Waals surface area contributed by atoms with E-state index >= 15 is 0 Å². The molecule has 0 aliphatic carbocycles. The first-order valence-corrected chi connectivity index (χ1v) is 8.28. The summed E-state index contributed by atoms with van der Waals surface area (Å²) >= 11 is 3.39. The zero-order valence-corrected chi connectivity index (χ0v) is 15.5. The van der Waals surface area contributed by atoms with Crippen molar-refractivity contribution in [1.82, 2.24) is 5.32 Å². The van der Waals surface area contributed by atoms with Crippen LogP contribution < -0.4 is 14.8 Å². The van der Waals surface area contributed by atoms with Crippen molar-refractivity contribution in [3.63, 3.8) is 0 Å². The van der Waals surface area contributed by atoms with Gasteiger partial charge >= 0.3 is 5.97 Å². The van der Waals surface area contributed by atoms with Gasteiger partial charge in [-0.2, -0.15) is 0 Å². The number of hydrogen-bond donors (Lipinski definition) is 1. The van der Waals surface area contributed by atoms with Crippen molar-refractivity contribution < 1.29 is 23.8 Å². The molecule has 0 atom stereocenters. The number of carbonyl (C=O) groups is 2. The first kappa shape index (κ1) is 18.8. The molecule has 0 spiro atoms. The SMILES string of the molecule is COC(=O)c1cc(C(=O)NCCOc2ccccc2Br)ccc1OC. The van der Waals surface area contributed by atoms with Crippen molar-refractivity contribution in [3.05, 3.63) is 58.1 Å². The quantitative estimate of drug-likeness (QED) is 0.563. The molecule has 0 aromatic heterocycles. The van der Waals surface area contributed by atoms with E-state index in [1.54, 1.807) is 12.1 Å². The highest BCUT2D eigenvalue weighted by Gasteiger charge is 2.16. The lowest BCUT2D eigenvalue weighted by Gasteiger charge is -2.11. The van der Waals surface area contributed by atoms with Crippen LogP contribution >= 0.6 is 15.9 Å². The summed E-state index contributed by atoms with van der Waals surface area (Å²) in [6.45, 7) is 0.633. The Kier molecular flexibility index (Phi) is 6.82. The second-order valence-electron chi connectivity index (χ2n) is 4.94. The molecular weight excluding hydrogens is 390 g/mol. The number of nitrogens with one attached hydrogen (secondary N) is 1. The van der Waals surface area contributed by atoms with Crippen molar-refractivity contribution in [2.45, 2.75) is 0 Å². The van der Waals surface area contributed by atoms with Crippen molar-refractivity contribution >= 4 is 27.8 Å². The summed E-state index contributed by atoms with van der Waals surface area (Å²) in [5.41, 5.74) is 0.532.